The molecular formula is C19H36N2O3. The van der Waals surface area contributed by atoms with Crippen molar-refractivity contribution in [3.8, 4) is 0 Å². The van der Waals surface area contributed by atoms with Crippen LogP contribution in [-0.4, -0.2) is 30.1 Å². The maximum absolute atomic E-state index is 12.2. The van der Waals surface area contributed by atoms with Crippen LogP contribution in [0.25, 0.3) is 0 Å². The van der Waals surface area contributed by atoms with Gasteiger partial charge in [0.05, 0.1) is 6.04 Å². The van der Waals surface area contributed by atoms with E-state index in [1.165, 1.54) is 19.3 Å². The molecule has 0 aromatic heterocycles. The monoisotopic (exact) mass is 340 g/mol. The number of alkyl carbamates (subject to hydrolysis) is 1. The van der Waals surface area contributed by atoms with Crippen molar-refractivity contribution in [2.45, 2.75) is 96.6 Å². The molecule has 0 saturated heterocycles. The molecule has 0 aromatic carbocycles. The first-order valence-electron chi connectivity index (χ1n) is 9.55. The number of amides is 1. The lowest BCUT2D eigenvalue weighted by Crippen LogP contribution is -2.39. The predicted octanol–water partition coefficient (Wildman–Crippen LogP) is 3.94. The van der Waals surface area contributed by atoms with Crippen molar-refractivity contribution in [2.24, 2.45) is 11.7 Å². The van der Waals surface area contributed by atoms with Crippen molar-refractivity contribution in [3.63, 3.8) is 0 Å². The zero-order chi connectivity index (χ0) is 18.0. The van der Waals surface area contributed by atoms with Gasteiger partial charge in [-0.05, 0) is 52.4 Å². The Morgan fingerprint density at radius 1 is 1.08 bits per heavy atom. The first-order chi connectivity index (χ1) is 11.3. The van der Waals surface area contributed by atoms with Crippen LogP contribution < -0.4 is 11.1 Å². The summed E-state index contributed by atoms with van der Waals surface area (Å²) in [5, 5.41) is 2.75. The number of nitrogens with one attached hydrogen (secondary N) is 1. The summed E-state index contributed by atoms with van der Waals surface area (Å²) in [5.41, 5.74) is 5.67. The number of carbonyl (C=O) groups is 2. The van der Waals surface area contributed by atoms with E-state index in [-0.39, 0.29) is 17.9 Å². The molecule has 1 aliphatic carbocycles. The average molecular weight is 341 g/mol. The van der Waals surface area contributed by atoms with Crippen molar-refractivity contribution >= 4 is 11.9 Å². The van der Waals surface area contributed by atoms with Crippen LogP contribution in [0.1, 0.15) is 85.0 Å². The molecule has 0 heterocycles. The summed E-state index contributed by atoms with van der Waals surface area (Å²) in [4.78, 5) is 23.6. The molecule has 5 nitrogen and oxygen atoms in total. The number of carbonyl (C=O) groups excluding carboxylic acids is 2. The normalized spacial score (nSPS) is 17.3. The highest BCUT2D eigenvalue weighted by molar-refractivity contribution is 5.84. The molecule has 3 N–H and O–H groups in total. The Hall–Kier alpha value is -1.10. The number of hydrogen-bond donors (Lipinski definition) is 2. The molecule has 1 saturated carbocycles. The molecule has 0 aromatic rings. The lowest BCUT2D eigenvalue weighted by molar-refractivity contribution is -0.121. The number of Topliss-reactive ketones (excluding diaryl/α,β-unsaturated/α-hetero) is 1. The summed E-state index contributed by atoms with van der Waals surface area (Å²) in [6.07, 6.45) is 9.98. The quantitative estimate of drug-likeness (QED) is 0.623. The minimum atomic E-state index is -0.457. The molecule has 0 spiro atoms. The van der Waals surface area contributed by atoms with Gasteiger partial charge >= 0.3 is 6.09 Å². The van der Waals surface area contributed by atoms with Gasteiger partial charge in [0, 0.05) is 13.0 Å². The molecule has 5 heteroatoms. The van der Waals surface area contributed by atoms with Crippen molar-refractivity contribution in [3.05, 3.63) is 0 Å². The molecule has 0 bridgehead atoms. The van der Waals surface area contributed by atoms with Gasteiger partial charge in [0.25, 0.3) is 0 Å². The van der Waals surface area contributed by atoms with Crippen LogP contribution in [0.3, 0.4) is 0 Å². The number of rotatable bonds is 9. The summed E-state index contributed by atoms with van der Waals surface area (Å²) in [5.74, 6) is 0.637. The summed E-state index contributed by atoms with van der Waals surface area (Å²) in [6, 6.07) is -0.251. The van der Waals surface area contributed by atoms with E-state index in [9.17, 15) is 9.59 Å². The molecule has 1 atom stereocenters. The van der Waals surface area contributed by atoms with Gasteiger partial charge in [-0.1, -0.05) is 32.1 Å². The fraction of sp³-hybridized carbons (Fsp3) is 0.895. The summed E-state index contributed by atoms with van der Waals surface area (Å²) < 4.78 is 5.17. The fourth-order valence-electron chi connectivity index (χ4n) is 3.21. The highest BCUT2D eigenvalue weighted by atomic mass is 16.6. The van der Waals surface area contributed by atoms with E-state index in [4.69, 9.17) is 10.5 Å². The topological polar surface area (TPSA) is 81.4 Å². The van der Waals surface area contributed by atoms with E-state index >= 15 is 0 Å². The van der Waals surface area contributed by atoms with Gasteiger partial charge in [-0.25, -0.2) is 4.79 Å². The van der Waals surface area contributed by atoms with Crippen molar-refractivity contribution in [2.75, 3.05) is 6.54 Å². The first kappa shape index (κ1) is 20.9. The fourth-order valence-corrected chi connectivity index (χ4v) is 3.21. The molecule has 0 aliphatic heterocycles. The SMILES string of the molecule is CC(C)(C)OC(=O)NCCCCCCC(=O)[C@@H](N)C1CCCCC1. The molecule has 140 valence electrons. The summed E-state index contributed by atoms with van der Waals surface area (Å²) in [7, 11) is 0. The summed E-state index contributed by atoms with van der Waals surface area (Å²) in [6.45, 7) is 6.16. The Morgan fingerprint density at radius 3 is 2.33 bits per heavy atom. The third-order valence-corrected chi connectivity index (χ3v) is 4.55. The van der Waals surface area contributed by atoms with Gasteiger partial charge in [-0.2, -0.15) is 0 Å². The smallest absolute Gasteiger partial charge is 0.407 e. The number of hydrogen-bond acceptors (Lipinski definition) is 4. The second kappa shape index (κ2) is 10.7. The van der Waals surface area contributed by atoms with Crippen LogP contribution in [0.2, 0.25) is 0 Å². The van der Waals surface area contributed by atoms with Crippen molar-refractivity contribution in [1.29, 1.82) is 0 Å². The maximum atomic E-state index is 12.2. The zero-order valence-electron chi connectivity index (χ0n) is 15.7. The molecular weight excluding hydrogens is 304 g/mol. The third-order valence-electron chi connectivity index (χ3n) is 4.55. The molecule has 0 radical (unpaired) electrons. The largest absolute Gasteiger partial charge is 0.444 e. The molecule has 1 fully saturated rings. The Bertz CT molecular complexity index is 385. The number of ether oxygens (including phenoxy) is 1. The van der Waals surface area contributed by atoms with Crippen LogP contribution in [0.5, 0.6) is 0 Å². The van der Waals surface area contributed by atoms with Gasteiger partial charge in [0.2, 0.25) is 0 Å². The van der Waals surface area contributed by atoms with Crippen molar-refractivity contribution in [1.82, 2.24) is 5.32 Å². The van der Waals surface area contributed by atoms with E-state index in [0.717, 1.165) is 38.5 Å². The second-order valence-corrected chi connectivity index (χ2v) is 7.98. The predicted molar refractivity (Wildman–Crippen MR) is 96.9 cm³/mol. The van der Waals surface area contributed by atoms with Gasteiger partial charge in [0.15, 0.2) is 0 Å². The lowest BCUT2D eigenvalue weighted by Gasteiger charge is -2.26. The Morgan fingerprint density at radius 2 is 1.71 bits per heavy atom. The number of unbranched alkanes of at least 4 members (excludes halogenated alkanes) is 3. The number of nitrogens with two attached hydrogens (primary N) is 1. The Labute approximate surface area is 147 Å². The van der Waals surface area contributed by atoms with E-state index in [1.807, 2.05) is 20.8 Å². The van der Waals surface area contributed by atoms with Crippen LogP contribution in [0.15, 0.2) is 0 Å². The van der Waals surface area contributed by atoms with E-state index in [0.29, 0.717) is 18.9 Å². The third kappa shape index (κ3) is 9.26. The van der Waals surface area contributed by atoms with Gasteiger partial charge < -0.3 is 15.8 Å². The van der Waals surface area contributed by atoms with Crippen LogP contribution in [-0.2, 0) is 9.53 Å². The molecule has 24 heavy (non-hydrogen) atoms. The van der Waals surface area contributed by atoms with Gasteiger partial charge in [0.1, 0.15) is 11.4 Å². The minimum Gasteiger partial charge on any atom is -0.444 e. The van der Waals surface area contributed by atoms with Crippen LogP contribution in [0, 0.1) is 5.92 Å². The molecule has 0 unspecified atom stereocenters. The van der Waals surface area contributed by atoms with Crippen molar-refractivity contribution < 1.29 is 14.3 Å². The molecule has 1 amide bonds. The zero-order valence-corrected chi connectivity index (χ0v) is 15.7. The average Bonchev–Trinajstić information content (AvgIpc) is 2.52. The Balaban J connectivity index is 2.01. The maximum Gasteiger partial charge on any atom is 0.407 e. The highest BCUT2D eigenvalue weighted by Crippen LogP contribution is 2.26. The second-order valence-electron chi connectivity index (χ2n) is 7.98. The first-order valence-corrected chi connectivity index (χ1v) is 9.55. The Kier molecular flexibility index (Phi) is 9.34. The molecule has 1 rings (SSSR count). The molecule has 1 aliphatic rings. The lowest BCUT2D eigenvalue weighted by atomic mass is 9.82. The van der Waals surface area contributed by atoms with E-state index in [1.54, 1.807) is 0 Å². The van der Waals surface area contributed by atoms with Gasteiger partial charge in [-0.3, -0.25) is 4.79 Å². The van der Waals surface area contributed by atoms with Crippen LogP contribution in [0.4, 0.5) is 4.79 Å². The van der Waals surface area contributed by atoms with E-state index in [2.05, 4.69) is 5.32 Å². The highest BCUT2D eigenvalue weighted by Gasteiger charge is 2.25. The van der Waals surface area contributed by atoms with Gasteiger partial charge in [-0.15, -0.1) is 0 Å². The van der Waals surface area contributed by atoms with E-state index < -0.39 is 5.60 Å². The van der Waals surface area contributed by atoms with Crippen LogP contribution >= 0.6 is 0 Å². The number of ketones is 1. The summed E-state index contributed by atoms with van der Waals surface area (Å²) >= 11 is 0. The minimum absolute atomic E-state index is 0.230. The standard InChI is InChI=1S/C19H36N2O3/c1-19(2,3)24-18(23)21-14-10-5-4-9-13-16(22)17(20)15-11-7-6-8-12-15/h15,17H,4-14,20H2,1-3H3,(H,21,23)/t17-/m0/s1.